The fourth-order valence-corrected chi connectivity index (χ4v) is 2.66. The van der Waals surface area contributed by atoms with Crippen molar-refractivity contribution in [2.75, 3.05) is 19.6 Å². The molecule has 0 unspecified atom stereocenters. The number of piperidine rings is 1. The quantitative estimate of drug-likeness (QED) is 0.800. The van der Waals surface area contributed by atoms with Crippen LogP contribution in [0.15, 0.2) is 30.3 Å². The lowest BCUT2D eigenvalue weighted by Gasteiger charge is -2.36. The van der Waals surface area contributed by atoms with Crippen LogP contribution in [0.4, 0.5) is 0 Å². The van der Waals surface area contributed by atoms with Gasteiger partial charge in [-0.1, -0.05) is 30.3 Å². The molecule has 0 saturated carbocycles. The standard InChI is InChI=1S/C15H19N3O/c16-9-4-10-18-14(19)15(7-11-17-12-8-15)13-5-2-1-3-6-13/h1-3,5-6,17H,4,7-8,10-12H2,(H,18,19). The predicted molar refractivity (Wildman–Crippen MR) is 73.5 cm³/mol. The van der Waals surface area contributed by atoms with Crippen molar-refractivity contribution >= 4 is 5.91 Å². The third-order valence-electron chi connectivity index (χ3n) is 3.74. The van der Waals surface area contributed by atoms with Gasteiger partial charge >= 0.3 is 0 Å². The summed E-state index contributed by atoms with van der Waals surface area (Å²) in [6.07, 6.45) is 1.96. The van der Waals surface area contributed by atoms with Gasteiger partial charge in [-0.15, -0.1) is 0 Å². The predicted octanol–water partition coefficient (Wildman–Crippen LogP) is 1.34. The van der Waals surface area contributed by atoms with Gasteiger partial charge in [0, 0.05) is 6.54 Å². The highest BCUT2D eigenvalue weighted by Gasteiger charge is 2.40. The summed E-state index contributed by atoms with van der Waals surface area (Å²) in [4.78, 5) is 12.5. The van der Waals surface area contributed by atoms with E-state index in [-0.39, 0.29) is 5.91 Å². The minimum absolute atomic E-state index is 0.0513. The lowest BCUT2D eigenvalue weighted by molar-refractivity contribution is -0.127. The summed E-state index contributed by atoms with van der Waals surface area (Å²) in [6.45, 7) is 2.12. The number of carbonyl (C=O) groups excluding carboxylic acids is 1. The summed E-state index contributed by atoms with van der Waals surface area (Å²) in [6, 6.07) is 12.0. The van der Waals surface area contributed by atoms with E-state index in [0.717, 1.165) is 31.5 Å². The molecule has 0 radical (unpaired) electrons. The smallest absolute Gasteiger partial charge is 0.230 e. The van der Waals surface area contributed by atoms with Crippen molar-refractivity contribution in [3.63, 3.8) is 0 Å². The Morgan fingerprint density at radius 1 is 1.32 bits per heavy atom. The highest BCUT2D eigenvalue weighted by atomic mass is 16.2. The van der Waals surface area contributed by atoms with Gasteiger partial charge in [0.15, 0.2) is 0 Å². The molecule has 0 aliphatic carbocycles. The Kier molecular flexibility index (Phi) is 4.53. The molecule has 19 heavy (non-hydrogen) atoms. The average Bonchev–Trinajstić information content (AvgIpc) is 2.49. The van der Waals surface area contributed by atoms with Crippen LogP contribution in [0.5, 0.6) is 0 Å². The van der Waals surface area contributed by atoms with Gasteiger partial charge in [-0.25, -0.2) is 0 Å². The molecule has 1 aromatic carbocycles. The molecule has 2 rings (SSSR count). The van der Waals surface area contributed by atoms with E-state index in [1.807, 2.05) is 30.3 Å². The summed E-state index contributed by atoms with van der Waals surface area (Å²) < 4.78 is 0. The first kappa shape index (κ1) is 13.6. The second-order valence-electron chi connectivity index (χ2n) is 4.86. The zero-order valence-electron chi connectivity index (χ0n) is 11.0. The van der Waals surface area contributed by atoms with E-state index in [0.29, 0.717) is 13.0 Å². The van der Waals surface area contributed by atoms with Crippen LogP contribution in [0.1, 0.15) is 24.8 Å². The monoisotopic (exact) mass is 257 g/mol. The molecular formula is C15H19N3O. The molecule has 0 spiro atoms. The molecule has 4 heteroatoms. The maximum absolute atomic E-state index is 12.5. The maximum atomic E-state index is 12.5. The summed E-state index contributed by atoms with van der Waals surface area (Å²) in [5.74, 6) is 0.0513. The molecule has 1 amide bonds. The first-order valence-corrected chi connectivity index (χ1v) is 6.71. The van der Waals surface area contributed by atoms with Crippen LogP contribution >= 0.6 is 0 Å². The number of nitriles is 1. The van der Waals surface area contributed by atoms with Gasteiger partial charge in [-0.2, -0.15) is 5.26 Å². The Balaban J connectivity index is 2.20. The lowest BCUT2D eigenvalue weighted by atomic mass is 9.72. The van der Waals surface area contributed by atoms with Crippen LogP contribution in [-0.4, -0.2) is 25.5 Å². The number of rotatable bonds is 4. The van der Waals surface area contributed by atoms with Crippen molar-refractivity contribution < 1.29 is 4.79 Å². The van der Waals surface area contributed by atoms with Crippen molar-refractivity contribution in [1.29, 1.82) is 5.26 Å². The fourth-order valence-electron chi connectivity index (χ4n) is 2.66. The minimum atomic E-state index is -0.442. The molecule has 1 aromatic rings. The van der Waals surface area contributed by atoms with E-state index < -0.39 is 5.41 Å². The van der Waals surface area contributed by atoms with Gasteiger partial charge in [-0.3, -0.25) is 4.79 Å². The van der Waals surface area contributed by atoms with Gasteiger partial charge in [0.05, 0.1) is 17.9 Å². The Hall–Kier alpha value is -1.86. The number of benzene rings is 1. The van der Waals surface area contributed by atoms with Crippen LogP contribution in [-0.2, 0) is 10.2 Å². The van der Waals surface area contributed by atoms with Crippen LogP contribution in [0, 0.1) is 11.3 Å². The molecule has 1 fully saturated rings. The first-order valence-electron chi connectivity index (χ1n) is 6.71. The second-order valence-corrected chi connectivity index (χ2v) is 4.86. The van der Waals surface area contributed by atoms with Crippen molar-refractivity contribution in [3.05, 3.63) is 35.9 Å². The number of hydrogen-bond donors (Lipinski definition) is 2. The van der Waals surface area contributed by atoms with Crippen LogP contribution in [0.3, 0.4) is 0 Å². The molecule has 4 nitrogen and oxygen atoms in total. The topological polar surface area (TPSA) is 64.9 Å². The Morgan fingerprint density at radius 3 is 2.63 bits per heavy atom. The van der Waals surface area contributed by atoms with Gasteiger partial charge in [-0.05, 0) is 31.5 Å². The van der Waals surface area contributed by atoms with Crippen molar-refractivity contribution in [3.8, 4) is 6.07 Å². The first-order chi connectivity index (χ1) is 9.29. The van der Waals surface area contributed by atoms with E-state index in [4.69, 9.17) is 5.26 Å². The zero-order chi connectivity index (χ0) is 13.6. The largest absolute Gasteiger partial charge is 0.354 e. The number of nitrogens with one attached hydrogen (secondary N) is 2. The molecule has 1 aliphatic heterocycles. The Labute approximate surface area is 113 Å². The van der Waals surface area contributed by atoms with Crippen LogP contribution < -0.4 is 10.6 Å². The summed E-state index contributed by atoms with van der Waals surface area (Å²) >= 11 is 0. The number of carbonyl (C=O) groups is 1. The molecule has 0 aromatic heterocycles. The van der Waals surface area contributed by atoms with E-state index in [1.54, 1.807) is 0 Å². The van der Waals surface area contributed by atoms with Gasteiger partial charge in [0.25, 0.3) is 0 Å². The van der Waals surface area contributed by atoms with E-state index in [1.165, 1.54) is 0 Å². The van der Waals surface area contributed by atoms with Crippen molar-refractivity contribution in [2.45, 2.75) is 24.7 Å². The average molecular weight is 257 g/mol. The molecule has 0 bridgehead atoms. The summed E-state index contributed by atoms with van der Waals surface area (Å²) in [5, 5.41) is 14.8. The SMILES string of the molecule is N#CCCNC(=O)C1(c2ccccc2)CCNCC1. The summed E-state index contributed by atoms with van der Waals surface area (Å²) in [5.41, 5.74) is 0.632. The molecule has 1 aliphatic rings. The number of nitrogens with zero attached hydrogens (tertiary/aromatic N) is 1. The highest BCUT2D eigenvalue weighted by Crippen LogP contribution is 2.33. The molecular weight excluding hydrogens is 238 g/mol. The minimum Gasteiger partial charge on any atom is -0.354 e. The van der Waals surface area contributed by atoms with Gasteiger partial charge in [0.1, 0.15) is 0 Å². The third-order valence-corrected chi connectivity index (χ3v) is 3.74. The maximum Gasteiger partial charge on any atom is 0.230 e. The lowest BCUT2D eigenvalue weighted by Crippen LogP contribution is -2.50. The normalized spacial score (nSPS) is 17.4. The van der Waals surface area contributed by atoms with Gasteiger partial charge in [0.2, 0.25) is 5.91 Å². The van der Waals surface area contributed by atoms with Crippen molar-refractivity contribution in [1.82, 2.24) is 10.6 Å². The fraction of sp³-hybridized carbons (Fsp3) is 0.467. The molecule has 1 heterocycles. The molecule has 1 saturated heterocycles. The van der Waals surface area contributed by atoms with E-state index in [2.05, 4.69) is 16.7 Å². The van der Waals surface area contributed by atoms with E-state index in [9.17, 15) is 4.79 Å². The van der Waals surface area contributed by atoms with Crippen molar-refractivity contribution in [2.24, 2.45) is 0 Å². The number of hydrogen-bond acceptors (Lipinski definition) is 3. The highest BCUT2D eigenvalue weighted by molar-refractivity contribution is 5.88. The van der Waals surface area contributed by atoms with Gasteiger partial charge < -0.3 is 10.6 Å². The Bertz CT molecular complexity index is 458. The van der Waals surface area contributed by atoms with E-state index >= 15 is 0 Å². The molecule has 0 atom stereocenters. The zero-order valence-corrected chi connectivity index (χ0v) is 11.0. The molecule has 2 N–H and O–H groups in total. The van der Waals surface area contributed by atoms with Crippen LogP contribution in [0.25, 0.3) is 0 Å². The van der Waals surface area contributed by atoms with Crippen LogP contribution in [0.2, 0.25) is 0 Å². The number of amides is 1. The molecule has 100 valence electrons. The third kappa shape index (κ3) is 2.94. The second kappa shape index (κ2) is 6.35. The Morgan fingerprint density at radius 2 is 2.00 bits per heavy atom. The summed E-state index contributed by atoms with van der Waals surface area (Å²) in [7, 11) is 0.